The molecule has 1 aliphatic rings. The van der Waals surface area contributed by atoms with Gasteiger partial charge in [-0.2, -0.15) is 25.9 Å². The van der Waals surface area contributed by atoms with Gasteiger partial charge in [-0.25, -0.2) is 9.52 Å². The van der Waals surface area contributed by atoms with Gasteiger partial charge in [-0.3, -0.25) is 4.79 Å². The van der Waals surface area contributed by atoms with Crippen molar-refractivity contribution in [1.29, 1.82) is 0 Å². The van der Waals surface area contributed by atoms with Crippen LogP contribution >= 0.6 is 0 Å². The van der Waals surface area contributed by atoms with Gasteiger partial charge in [0.1, 0.15) is 5.54 Å². The topological polar surface area (TPSA) is 190 Å². The van der Waals surface area contributed by atoms with Gasteiger partial charge in [-0.15, -0.1) is 0 Å². The van der Waals surface area contributed by atoms with Gasteiger partial charge >= 0.3 is 25.2 Å². The molecular formula is C11H21BF3N3O8S. The van der Waals surface area contributed by atoms with Gasteiger partial charge in [-0.1, -0.05) is 6.42 Å². The molecule has 11 nitrogen and oxygen atoms in total. The van der Waals surface area contributed by atoms with E-state index in [2.05, 4.69) is 4.72 Å². The Hall–Kier alpha value is -1.46. The summed E-state index contributed by atoms with van der Waals surface area (Å²) in [6, 6.07) is 0. The molecule has 0 aromatic rings. The minimum Gasteiger partial charge on any atom is -0.480 e. The van der Waals surface area contributed by atoms with Gasteiger partial charge < -0.3 is 26.0 Å². The molecule has 0 spiro atoms. The Morgan fingerprint density at radius 3 is 2.15 bits per heavy atom. The molecule has 0 aromatic heterocycles. The molecule has 0 saturated carbocycles. The summed E-state index contributed by atoms with van der Waals surface area (Å²) in [5.74, 6) is -4.60. The molecule has 1 heterocycles. The molecule has 2 atom stereocenters. The number of aliphatic carboxylic acids is 2. The summed E-state index contributed by atoms with van der Waals surface area (Å²) in [4.78, 5) is 20.2. The molecule has 27 heavy (non-hydrogen) atoms. The van der Waals surface area contributed by atoms with Crippen molar-refractivity contribution in [1.82, 2.24) is 9.03 Å². The second-order valence-corrected chi connectivity index (χ2v) is 7.63. The third-order valence-corrected chi connectivity index (χ3v) is 5.32. The molecule has 1 aliphatic heterocycles. The van der Waals surface area contributed by atoms with E-state index in [0.29, 0.717) is 12.8 Å². The lowest BCUT2D eigenvalue weighted by Crippen LogP contribution is -2.55. The SMILES string of the molecule is CNS(=O)(=O)N1C[C@H](CCCB(O)O)[C@](N)(C(=O)O)C1.O=C(O)C(F)(F)F. The molecule has 0 bridgehead atoms. The molecule has 0 unspecified atom stereocenters. The van der Waals surface area contributed by atoms with Crippen LogP contribution in [0, 0.1) is 5.92 Å². The lowest BCUT2D eigenvalue weighted by atomic mass is 9.78. The average Bonchev–Trinajstić information content (AvgIpc) is 2.86. The van der Waals surface area contributed by atoms with Gasteiger partial charge in [0.25, 0.3) is 10.2 Å². The van der Waals surface area contributed by atoms with Crippen molar-refractivity contribution < 1.29 is 51.4 Å². The number of hydrogen-bond acceptors (Lipinski definition) is 7. The van der Waals surface area contributed by atoms with Gasteiger partial charge in [0.05, 0.1) is 0 Å². The predicted octanol–water partition coefficient (Wildman–Crippen LogP) is -1.95. The number of nitrogens with one attached hydrogen (secondary N) is 1. The summed E-state index contributed by atoms with van der Waals surface area (Å²) >= 11 is 0. The standard InChI is InChI=1S/C9H20BN3O6S.C2HF3O2/c1-12-20(18,19)13-5-7(3-2-4-10(16)17)9(11,6-13)8(14)15;3-2(4,5)1(6)7/h7,12,16-17H,2-6,11H2,1H3,(H,14,15);(H,6,7)/t7-,9-;/m0./s1. The van der Waals surface area contributed by atoms with Crippen LogP contribution < -0.4 is 10.5 Å². The summed E-state index contributed by atoms with van der Waals surface area (Å²) in [6.07, 6.45) is -4.34. The fraction of sp³-hybridized carbons (Fsp3) is 0.818. The number of carbonyl (C=O) groups is 2. The lowest BCUT2D eigenvalue weighted by molar-refractivity contribution is -0.192. The third-order valence-electron chi connectivity index (χ3n) is 3.84. The van der Waals surface area contributed by atoms with Crippen LogP contribution in [0.4, 0.5) is 13.2 Å². The van der Waals surface area contributed by atoms with Crippen molar-refractivity contribution in [2.24, 2.45) is 11.7 Å². The Bertz CT molecular complexity index is 633. The molecule has 7 N–H and O–H groups in total. The number of carboxylic acids is 2. The largest absolute Gasteiger partial charge is 0.490 e. The molecule has 1 rings (SSSR count). The van der Waals surface area contributed by atoms with Crippen molar-refractivity contribution >= 4 is 29.3 Å². The Kier molecular flexibility index (Phi) is 9.13. The van der Waals surface area contributed by atoms with Gasteiger partial charge in [0.2, 0.25) is 0 Å². The van der Waals surface area contributed by atoms with E-state index in [9.17, 15) is 31.5 Å². The maximum absolute atomic E-state index is 11.7. The van der Waals surface area contributed by atoms with E-state index in [1.807, 2.05) is 0 Å². The zero-order chi connectivity index (χ0) is 21.6. The minimum atomic E-state index is -5.08. The predicted molar refractivity (Wildman–Crippen MR) is 85.5 cm³/mol. The van der Waals surface area contributed by atoms with Crippen molar-refractivity contribution in [2.75, 3.05) is 20.1 Å². The highest BCUT2D eigenvalue weighted by atomic mass is 32.2. The number of nitrogens with two attached hydrogens (primary N) is 1. The lowest BCUT2D eigenvalue weighted by Gasteiger charge is -2.25. The van der Waals surface area contributed by atoms with Gasteiger partial charge in [-0.05, 0) is 12.7 Å². The van der Waals surface area contributed by atoms with Crippen molar-refractivity contribution in [3.63, 3.8) is 0 Å². The van der Waals surface area contributed by atoms with E-state index in [-0.39, 0.29) is 19.4 Å². The van der Waals surface area contributed by atoms with E-state index in [1.165, 1.54) is 7.05 Å². The molecule has 0 radical (unpaired) electrons. The van der Waals surface area contributed by atoms with Crippen molar-refractivity contribution in [2.45, 2.75) is 30.9 Å². The molecule has 1 saturated heterocycles. The van der Waals surface area contributed by atoms with Crippen molar-refractivity contribution in [3.05, 3.63) is 0 Å². The van der Waals surface area contributed by atoms with E-state index in [0.717, 1.165) is 4.31 Å². The van der Waals surface area contributed by atoms with E-state index in [4.69, 9.17) is 25.7 Å². The van der Waals surface area contributed by atoms with Crippen LogP contribution in [0.2, 0.25) is 6.32 Å². The Labute approximate surface area is 153 Å². The number of rotatable bonds is 7. The van der Waals surface area contributed by atoms with E-state index < -0.39 is 46.9 Å². The van der Waals surface area contributed by atoms with Crippen LogP contribution in [-0.2, 0) is 19.8 Å². The van der Waals surface area contributed by atoms with Crippen LogP contribution in [-0.4, -0.2) is 83.9 Å². The van der Waals surface area contributed by atoms with Crippen LogP contribution in [0.15, 0.2) is 0 Å². The van der Waals surface area contributed by atoms with Crippen LogP contribution in [0.25, 0.3) is 0 Å². The summed E-state index contributed by atoms with van der Waals surface area (Å²) in [5, 5.41) is 33.9. The molecule has 1 fully saturated rings. The summed E-state index contributed by atoms with van der Waals surface area (Å²) in [7, 11) is -3.96. The first-order valence-electron chi connectivity index (χ1n) is 7.45. The number of hydrogen-bond donors (Lipinski definition) is 6. The van der Waals surface area contributed by atoms with Crippen LogP contribution in [0.5, 0.6) is 0 Å². The fourth-order valence-electron chi connectivity index (χ4n) is 2.34. The summed E-state index contributed by atoms with van der Waals surface area (Å²) in [5.41, 5.74) is 4.18. The monoisotopic (exact) mass is 423 g/mol. The van der Waals surface area contributed by atoms with Crippen molar-refractivity contribution in [3.8, 4) is 0 Å². The Morgan fingerprint density at radius 2 is 1.81 bits per heavy atom. The molecule has 0 aliphatic carbocycles. The van der Waals surface area contributed by atoms with Crippen LogP contribution in [0.1, 0.15) is 12.8 Å². The molecule has 0 aromatic carbocycles. The maximum Gasteiger partial charge on any atom is 0.490 e. The second-order valence-electron chi connectivity index (χ2n) is 5.76. The zero-order valence-corrected chi connectivity index (χ0v) is 15.0. The highest BCUT2D eigenvalue weighted by molar-refractivity contribution is 7.87. The first-order chi connectivity index (χ1) is 12.1. The number of halogens is 3. The quantitative estimate of drug-likeness (QED) is 0.253. The fourth-order valence-corrected chi connectivity index (χ4v) is 3.36. The van der Waals surface area contributed by atoms with Gasteiger partial charge in [0.15, 0.2) is 0 Å². The highest BCUT2D eigenvalue weighted by Gasteiger charge is 2.52. The molecular weight excluding hydrogens is 402 g/mol. The van der Waals surface area contributed by atoms with E-state index in [1.54, 1.807) is 0 Å². The Balaban J connectivity index is 0.000000821. The number of carboxylic acid groups (broad SMARTS) is 2. The minimum absolute atomic E-state index is 0.00645. The molecule has 158 valence electrons. The maximum atomic E-state index is 11.7. The number of nitrogens with zero attached hydrogens (tertiary/aromatic N) is 1. The summed E-state index contributed by atoms with van der Waals surface area (Å²) in [6.45, 7) is -0.314. The zero-order valence-electron chi connectivity index (χ0n) is 14.2. The third kappa shape index (κ3) is 7.59. The van der Waals surface area contributed by atoms with Crippen LogP contribution in [0.3, 0.4) is 0 Å². The summed E-state index contributed by atoms with van der Waals surface area (Å²) < 4.78 is 58.3. The first-order valence-corrected chi connectivity index (χ1v) is 8.89. The Morgan fingerprint density at radius 1 is 1.33 bits per heavy atom. The average molecular weight is 423 g/mol. The highest BCUT2D eigenvalue weighted by Crippen LogP contribution is 2.31. The second kappa shape index (κ2) is 9.65. The number of alkyl halides is 3. The first kappa shape index (κ1) is 25.5. The normalized spacial score (nSPS) is 23.4. The molecule has 0 amide bonds. The van der Waals surface area contributed by atoms with Gasteiger partial charge in [0, 0.05) is 26.1 Å². The smallest absolute Gasteiger partial charge is 0.480 e. The van der Waals surface area contributed by atoms with E-state index >= 15 is 0 Å². The molecule has 16 heteroatoms.